The van der Waals surface area contributed by atoms with Gasteiger partial charge in [-0.1, -0.05) is 48.3 Å². The molecule has 0 heterocycles. The fourth-order valence-electron chi connectivity index (χ4n) is 2.46. The third kappa shape index (κ3) is 3.33. The standard InChI is InChI=1S/C17H18Cl2FN/c1-4-12-7-5-6-10(2)17(12)21-11(3)15-13(18)8-9-14(20)16(15)19/h5-9,11,21H,4H2,1-3H3. The van der Waals surface area contributed by atoms with E-state index < -0.39 is 5.82 Å². The van der Waals surface area contributed by atoms with E-state index in [9.17, 15) is 4.39 Å². The summed E-state index contributed by atoms with van der Waals surface area (Å²) in [5, 5.41) is 3.96. The first-order valence-corrected chi connectivity index (χ1v) is 7.69. The van der Waals surface area contributed by atoms with Crippen LogP contribution < -0.4 is 5.32 Å². The number of benzene rings is 2. The lowest BCUT2D eigenvalue weighted by Gasteiger charge is -2.22. The molecule has 0 amide bonds. The fourth-order valence-corrected chi connectivity index (χ4v) is 3.16. The van der Waals surface area contributed by atoms with Gasteiger partial charge in [0.2, 0.25) is 0 Å². The van der Waals surface area contributed by atoms with Gasteiger partial charge in [0.1, 0.15) is 5.82 Å². The SMILES string of the molecule is CCc1cccc(C)c1NC(C)c1c(Cl)ccc(F)c1Cl. The Kier molecular flexibility index (Phi) is 5.13. The highest BCUT2D eigenvalue weighted by atomic mass is 35.5. The number of halogens is 3. The molecule has 2 rings (SSSR count). The van der Waals surface area contributed by atoms with Crippen molar-refractivity contribution in [3.8, 4) is 0 Å². The van der Waals surface area contributed by atoms with Crippen LogP contribution in [-0.4, -0.2) is 0 Å². The predicted molar refractivity (Wildman–Crippen MR) is 89.0 cm³/mol. The van der Waals surface area contributed by atoms with Gasteiger partial charge in [-0.3, -0.25) is 0 Å². The molecule has 1 N–H and O–H groups in total. The highest BCUT2D eigenvalue weighted by Gasteiger charge is 2.18. The zero-order chi connectivity index (χ0) is 15.6. The van der Waals surface area contributed by atoms with Crippen LogP contribution in [0.4, 0.5) is 10.1 Å². The van der Waals surface area contributed by atoms with Gasteiger partial charge in [0.15, 0.2) is 0 Å². The van der Waals surface area contributed by atoms with Gasteiger partial charge < -0.3 is 5.32 Å². The summed E-state index contributed by atoms with van der Waals surface area (Å²) in [6.07, 6.45) is 0.918. The van der Waals surface area contributed by atoms with E-state index in [1.807, 2.05) is 26.0 Å². The van der Waals surface area contributed by atoms with Gasteiger partial charge in [0, 0.05) is 16.3 Å². The largest absolute Gasteiger partial charge is 0.378 e. The molecule has 4 heteroatoms. The van der Waals surface area contributed by atoms with Crippen molar-refractivity contribution in [2.24, 2.45) is 0 Å². The monoisotopic (exact) mass is 325 g/mol. The molecule has 2 aromatic carbocycles. The lowest BCUT2D eigenvalue weighted by Crippen LogP contribution is -2.11. The lowest BCUT2D eigenvalue weighted by atomic mass is 10.0. The topological polar surface area (TPSA) is 12.0 Å². The molecule has 0 bridgehead atoms. The molecule has 0 spiro atoms. The number of rotatable bonds is 4. The minimum atomic E-state index is -0.454. The van der Waals surface area contributed by atoms with E-state index in [0.29, 0.717) is 10.6 Å². The van der Waals surface area contributed by atoms with Crippen LogP contribution >= 0.6 is 23.2 Å². The Bertz CT molecular complexity index is 655. The lowest BCUT2D eigenvalue weighted by molar-refractivity contribution is 0.624. The Balaban J connectivity index is 2.40. The molecule has 2 aromatic rings. The first-order chi connectivity index (χ1) is 9.95. The Hall–Kier alpha value is -1.25. The second-order valence-electron chi connectivity index (χ2n) is 5.09. The molecule has 0 aromatic heterocycles. The highest BCUT2D eigenvalue weighted by molar-refractivity contribution is 6.36. The van der Waals surface area contributed by atoms with Crippen LogP contribution in [0.15, 0.2) is 30.3 Å². The van der Waals surface area contributed by atoms with Gasteiger partial charge in [-0.2, -0.15) is 0 Å². The molecule has 112 valence electrons. The molecular weight excluding hydrogens is 308 g/mol. The molecular formula is C17H18Cl2FN. The van der Waals surface area contributed by atoms with Crippen molar-refractivity contribution in [1.29, 1.82) is 0 Å². The van der Waals surface area contributed by atoms with Crippen LogP contribution in [-0.2, 0) is 6.42 Å². The van der Waals surface area contributed by atoms with Crippen molar-refractivity contribution < 1.29 is 4.39 Å². The maximum absolute atomic E-state index is 13.7. The molecule has 0 saturated carbocycles. The number of nitrogens with one attached hydrogen (secondary N) is 1. The van der Waals surface area contributed by atoms with E-state index >= 15 is 0 Å². The average molecular weight is 326 g/mol. The minimum Gasteiger partial charge on any atom is -0.378 e. The van der Waals surface area contributed by atoms with Crippen LogP contribution in [0.1, 0.15) is 36.6 Å². The van der Waals surface area contributed by atoms with Gasteiger partial charge in [0.25, 0.3) is 0 Å². The van der Waals surface area contributed by atoms with E-state index in [0.717, 1.165) is 17.7 Å². The molecule has 1 atom stereocenters. The average Bonchev–Trinajstić information content (AvgIpc) is 2.45. The summed E-state index contributed by atoms with van der Waals surface area (Å²) in [4.78, 5) is 0. The summed E-state index contributed by atoms with van der Waals surface area (Å²) in [7, 11) is 0. The van der Waals surface area contributed by atoms with Crippen molar-refractivity contribution in [3.05, 3.63) is 62.9 Å². The zero-order valence-corrected chi connectivity index (χ0v) is 13.8. The smallest absolute Gasteiger partial charge is 0.142 e. The summed E-state index contributed by atoms with van der Waals surface area (Å²) < 4.78 is 13.7. The highest BCUT2D eigenvalue weighted by Crippen LogP contribution is 2.35. The third-order valence-electron chi connectivity index (χ3n) is 3.61. The second kappa shape index (κ2) is 6.67. The quantitative estimate of drug-likeness (QED) is 0.662. The van der Waals surface area contributed by atoms with E-state index in [1.54, 1.807) is 0 Å². The Labute approximate surface area is 135 Å². The van der Waals surface area contributed by atoms with Crippen LogP contribution in [0.2, 0.25) is 10.0 Å². The van der Waals surface area contributed by atoms with Gasteiger partial charge in [-0.15, -0.1) is 0 Å². The summed E-state index contributed by atoms with van der Waals surface area (Å²) in [5.41, 5.74) is 4.00. The number of anilines is 1. The van der Waals surface area contributed by atoms with Crippen molar-refractivity contribution in [3.63, 3.8) is 0 Å². The van der Waals surface area contributed by atoms with Gasteiger partial charge in [-0.05, 0) is 43.5 Å². The number of hydrogen-bond donors (Lipinski definition) is 1. The minimum absolute atomic E-state index is 0.0779. The normalized spacial score (nSPS) is 12.3. The Morgan fingerprint density at radius 3 is 2.57 bits per heavy atom. The molecule has 0 saturated heterocycles. The van der Waals surface area contributed by atoms with E-state index in [4.69, 9.17) is 23.2 Å². The molecule has 0 aliphatic carbocycles. The summed E-state index contributed by atoms with van der Waals surface area (Å²) in [6.45, 7) is 6.08. The molecule has 0 aliphatic heterocycles. The van der Waals surface area contributed by atoms with Gasteiger partial charge in [0.05, 0.1) is 11.1 Å². The number of hydrogen-bond acceptors (Lipinski definition) is 1. The Morgan fingerprint density at radius 2 is 1.90 bits per heavy atom. The van der Waals surface area contributed by atoms with Gasteiger partial charge >= 0.3 is 0 Å². The van der Waals surface area contributed by atoms with Crippen molar-refractivity contribution in [2.75, 3.05) is 5.32 Å². The Morgan fingerprint density at radius 1 is 1.19 bits per heavy atom. The van der Waals surface area contributed by atoms with Crippen LogP contribution in [0.25, 0.3) is 0 Å². The molecule has 1 nitrogen and oxygen atoms in total. The van der Waals surface area contributed by atoms with Crippen molar-refractivity contribution >= 4 is 28.9 Å². The zero-order valence-electron chi connectivity index (χ0n) is 12.3. The van der Waals surface area contributed by atoms with E-state index in [2.05, 4.69) is 18.3 Å². The number of para-hydroxylation sites is 1. The third-order valence-corrected chi connectivity index (χ3v) is 4.33. The maximum atomic E-state index is 13.7. The molecule has 21 heavy (non-hydrogen) atoms. The maximum Gasteiger partial charge on any atom is 0.142 e. The molecule has 0 radical (unpaired) electrons. The second-order valence-corrected chi connectivity index (χ2v) is 5.87. The van der Waals surface area contributed by atoms with E-state index in [1.165, 1.54) is 17.7 Å². The summed E-state index contributed by atoms with van der Waals surface area (Å²) >= 11 is 12.3. The van der Waals surface area contributed by atoms with Gasteiger partial charge in [-0.25, -0.2) is 4.39 Å². The van der Waals surface area contributed by atoms with Crippen LogP contribution in [0.5, 0.6) is 0 Å². The molecule has 1 unspecified atom stereocenters. The summed E-state index contributed by atoms with van der Waals surface area (Å²) in [6, 6.07) is 8.79. The summed E-state index contributed by atoms with van der Waals surface area (Å²) in [5.74, 6) is -0.454. The molecule has 0 aliphatic rings. The van der Waals surface area contributed by atoms with E-state index in [-0.39, 0.29) is 11.1 Å². The van der Waals surface area contributed by atoms with Crippen molar-refractivity contribution in [1.82, 2.24) is 0 Å². The fraction of sp³-hybridized carbons (Fsp3) is 0.294. The van der Waals surface area contributed by atoms with Crippen molar-refractivity contribution in [2.45, 2.75) is 33.2 Å². The van der Waals surface area contributed by atoms with Crippen LogP contribution in [0.3, 0.4) is 0 Å². The first kappa shape index (κ1) is 16.1. The van der Waals surface area contributed by atoms with Crippen LogP contribution in [0, 0.1) is 12.7 Å². The predicted octanol–water partition coefficient (Wildman–Crippen LogP) is 6.18. The first-order valence-electron chi connectivity index (χ1n) is 6.94. The molecule has 0 fully saturated rings. The number of aryl methyl sites for hydroxylation is 2.